The fourth-order valence-corrected chi connectivity index (χ4v) is 4.02. The first-order valence-electron chi connectivity index (χ1n) is 10.5. The van der Waals surface area contributed by atoms with Crippen LogP contribution < -0.4 is 11.1 Å². The molecule has 1 unspecified atom stereocenters. The second kappa shape index (κ2) is 8.93. The van der Waals surface area contributed by atoms with Gasteiger partial charge in [0.2, 0.25) is 5.95 Å². The Labute approximate surface area is 205 Å². The van der Waals surface area contributed by atoms with Crippen LogP contribution >= 0.6 is 11.6 Å². The highest BCUT2D eigenvalue weighted by atomic mass is 35.5. The van der Waals surface area contributed by atoms with Gasteiger partial charge in [-0.2, -0.15) is 4.98 Å². The molecule has 1 amide bonds. The number of nitrogens with two attached hydrogens (primary N) is 1. The van der Waals surface area contributed by atoms with Crippen LogP contribution in [-0.4, -0.2) is 49.3 Å². The zero-order chi connectivity index (χ0) is 25.5. The molecule has 2 heterocycles. The standard InChI is InChI=1S/C23H22BClFN5O4/c1-12-2-7-16(13-8-9-31-17(10-13)28-21(27)30-31)19(26)18(12)20(32)29-23(24,35)11-22(33,34)14-3-5-15(25)6-4-14/h2-10,33-35H,11,24H2,1H3,(H2,27,30)(H,29,32). The van der Waals surface area contributed by atoms with Crippen LogP contribution in [0.3, 0.4) is 0 Å². The molecule has 9 nitrogen and oxygen atoms in total. The van der Waals surface area contributed by atoms with E-state index in [-0.39, 0.29) is 22.6 Å². The van der Waals surface area contributed by atoms with Gasteiger partial charge in [-0.1, -0.05) is 35.9 Å². The summed E-state index contributed by atoms with van der Waals surface area (Å²) in [7, 11) is 1.18. The van der Waals surface area contributed by atoms with Gasteiger partial charge in [-0.05, 0) is 42.3 Å². The van der Waals surface area contributed by atoms with Crippen molar-refractivity contribution in [3.8, 4) is 11.1 Å². The molecule has 180 valence electrons. The number of hydrogen-bond donors (Lipinski definition) is 5. The van der Waals surface area contributed by atoms with Crippen molar-refractivity contribution < 1.29 is 24.5 Å². The third kappa shape index (κ3) is 5.13. The topological polar surface area (TPSA) is 146 Å². The van der Waals surface area contributed by atoms with E-state index in [1.165, 1.54) is 42.7 Å². The highest BCUT2D eigenvalue weighted by Gasteiger charge is 2.37. The first-order chi connectivity index (χ1) is 16.4. The third-order valence-electron chi connectivity index (χ3n) is 5.52. The van der Waals surface area contributed by atoms with Gasteiger partial charge in [-0.3, -0.25) is 4.79 Å². The Kier molecular flexibility index (Phi) is 6.28. The van der Waals surface area contributed by atoms with E-state index in [9.17, 15) is 20.1 Å². The third-order valence-corrected chi connectivity index (χ3v) is 5.77. The molecule has 4 rings (SSSR count). The van der Waals surface area contributed by atoms with Crippen molar-refractivity contribution in [2.75, 3.05) is 5.73 Å². The summed E-state index contributed by atoms with van der Waals surface area (Å²) in [5, 5.41) is 38.4. The molecular weight excluding hydrogens is 476 g/mol. The summed E-state index contributed by atoms with van der Waals surface area (Å²) >= 11 is 5.83. The number of aliphatic hydroxyl groups is 3. The molecule has 2 aromatic heterocycles. The highest BCUT2D eigenvalue weighted by Crippen LogP contribution is 2.30. The number of nitrogen functional groups attached to an aromatic ring is 1. The Morgan fingerprint density at radius 1 is 1.20 bits per heavy atom. The lowest BCUT2D eigenvalue weighted by molar-refractivity contribution is -0.197. The summed E-state index contributed by atoms with van der Waals surface area (Å²) in [6.45, 7) is 1.55. The minimum atomic E-state index is -2.49. The first-order valence-corrected chi connectivity index (χ1v) is 10.9. The van der Waals surface area contributed by atoms with Crippen LogP contribution in [0.4, 0.5) is 10.3 Å². The van der Waals surface area contributed by atoms with Gasteiger partial charge >= 0.3 is 0 Å². The van der Waals surface area contributed by atoms with Crippen LogP contribution in [0.1, 0.15) is 27.9 Å². The zero-order valence-corrected chi connectivity index (χ0v) is 19.6. The lowest BCUT2D eigenvalue weighted by atomic mass is 9.82. The number of benzene rings is 2. The molecule has 0 saturated heterocycles. The molecule has 4 aromatic rings. The van der Waals surface area contributed by atoms with Crippen molar-refractivity contribution in [1.82, 2.24) is 19.9 Å². The van der Waals surface area contributed by atoms with Gasteiger partial charge in [0.15, 0.2) is 19.3 Å². The van der Waals surface area contributed by atoms with E-state index in [1.54, 1.807) is 31.3 Å². The van der Waals surface area contributed by atoms with Crippen molar-refractivity contribution in [3.05, 3.63) is 82.3 Å². The Morgan fingerprint density at radius 3 is 2.57 bits per heavy atom. The minimum absolute atomic E-state index is 0.0605. The molecule has 1 atom stereocenters. The van der Waals surface area contributed by atoms with E-state index in [1.807, 2.05) is 0 Å². The van der Waals surface area contributed by atoms with E-state index < -0.39 is 29.6 Å². The van der Waals surface area contributed by atoms with Gasteiger partial charge in [0.05, 0.1) is 5.56 Å². The van der Waals surface area contributed by atoms with Crippen LogP contribution in [0.2, 0.25) is 5.02 Å². The number of nitrogens with zero attached hydrogens (tertiary/aromatic N) is 3. The number of amides is 1. The predicted molar refractivity (Wildman–Crippen MR) is 131 cm³/mol. The molecule has 0 spiro atoms. The smallest absolute Gasteiger partial charge is 0.256 e. The molecule has 6 N–H and O–H groups in total. The van der Waals surface area contributed by atoms with Gasteiger partial charge in [0.25, 0.3) is 5.91 Å². The summed E-state index contributed by atoms with van der Waals surface area (Å²) < 4.78 is 17.0. The van der Waals surface area contributed by atoms with Crippen LogP contribution in [-0.2, 0) is 5.79 Å². The lowest BCUT2D eigenvalue weighted by Crippen LogP contribution is -2.53. The normalized spacial score (nSPS) is 13.5. The summed E-state index contributed by atoms with van der Waals surface area (Å²) in [4.78, 5) is 17.1. The van der Waals surface area contributed by atoms with Gasteiger partial charge in [-0.15, -0.1) is 5.10 Å². The van der Waals surface area contributed by atoms with Crippen molar-refractivity contribution in [3.63, 3.8) is 0 Å². The van der Waals surface area contributed by atoms with E-state index in [0.717, 1.165) is 0 Å². The van der Waals surface area contributed by atoms with Crippen LogP contribution in [0.15, 0.2) is 54.7 Å². The summed E-state index contributed by atoms with van der Waals surface area (Å²) in [6.07, 6.45) is 0.870. The number of anilines is 1. The summed E-state index contributed by atoms with van der Waals surface area (Å²) in [5.41, 5.74) is 4.56. The molecule has 12 heteroatoms. The number of fused-ring (bicyclic) bond motifs is 1. The second-order valence-electron chi connectivity index (χ2n) is 8.54. The number of halogens is 2. The van der Waals surface area contributed by atoms with Gasteiger partial charge in [0, 0.05) is 28.8 Å². The molecule has 0 saturated carbocycles. The number of hydrogen-bond acceptors (Lipinski definition) is 7. The van der Waals surface area contributed by atoms with E-state index >= 15 is 4.39 Å². The SMILES string of the molecule is BC(O)(CC(O)(O)c1ccc(Cl)cc1)NC(=O)c1c(C)ccc(-c2ccn3nc(N)nc3c2)c1F. The number of aromatic nitrogens is 3. The lowest BCUT2D eigenvalue weighted by Gasteiger charge is -2.33. The molecule has 35 heavy (non-hydrogen) atoms. The van der Waals surface area contributed by atoms with Gasteiger partial charge in [-0.25, -0.2) is 8.91 Å². The molecule has 2 aromatic carbocycles. The second-order valence-corrected chi connectivity index (χ2v) is 8.97. The van der Waals surface area contributed by atoms with Crippen molar-refractivity contribution in [2.45, 2.75) is 24.8 Å². The number of carbonyl (C=O) groups is 1. The average molecular weight is 498 g/mol. The van der Waals surface area contributed by atoms with Crippen LogP contribution in [0.5, 0.6) is 0 Å². The number of nitrogens with one attached hydrogen (secondary N) is 1. The van der Waals surface area contributed by atoms with Gasteiger partial charge in [0.1, 0.15) is 11.4 Å². The zero-order valence-electron chi connectivity index (χ0n) is 18.8. The average Bonchev–Trinajstić information content (AvgIpc) is 3.12. The number of pyridine rings is 1. The molecule has 0 bridgehead atoms. The Bertz CT molecular complexity index is 1430. The maximum absolute atomic E-state index is 15.6. The Morgan fingerprint density at radius 2 is 1.89 bits per heavy atom. The van der Waals surface area contributed by atoms with Crippen LogP contribution in [0.25, 0.3) is 16.8 Å². The fraction of sp³-hybridized carbons (Fsp3) is 0.174. The van der Waals surface area contributed by atoms with E-state index in [0.29, 0.717) is 21.8 Å². The van der Waals surface area contributed by atoms with Gasteiger partial charge < -0.3 is 26.4 Å². The van der Waals surface area contributed by atoms with E-state index in [2.05, 4.69) is 15.4 Å². The number of aryl methyl sites for hydroxylation is 1. The number of rotatable bonds is 6. The monoisotopic (exact) mass is 497 g/mol. The predicted octanol–water partition coefficient (Wildman–Crippen LogP) is 1.32. The largest absolute Gasteiger partial charge is 0.379 e. The quantitative estimate of drug-likeness (QED) is 0.199. The highest BCUT2D eigenvalue weighted by molar-refractivity contribution is 6.30. The van der Waals surface area contributed by atoms with E-state index in [4.69, 9.17) is 17.3 Å². The van der Waals surface area contributed by atoms with Crippen molar-refractivity contribution in [2.24, 2.45) is 0 Å². The van der Waals surface area contributed by atoms with Crippen molar-refractivity contribution in [1.29, 1.82) is 0 Å². The maximum Gasteiger partial charge on any atom is 0.256 e. The first kappa shape index (κ1) is 24.6. The van der Waals surface area contributed by atoms with Crippen LogP contribution in [0, 0.1) is 12.7 Å². The molecule has 0 fully saturated rings. The maximum atomic E-state index is 15.6. The summed E-state index contributed by atoms with van der Waals surface area (Å²) in [5.74, 6) is -4.17. The molecular formula is C23H22BClFN5O4. The molecule has 0 aliphatic carbocycles. The fourth-order valence-electron chi connectivity index (χ4n) is 3.89. The molecule has 0 aliphatic rings. The molecule has 0 aliphatic heterocycles. The Hall–Kier alpha value is -3.51. The minimum Gasteiger partial charge on any atom is -0.379 e. The van der Waals surface area contributed by atoms with Crippen molar-refractivity contribution >= 4 is 36.9 Å². The Balaban J connectivity index is 1.61. The summed E-state index contributed by atoms with van der Waals surface area (Å²) in [6, 6.07) is 12.0. The molecule has 0 radical (unpaired) electrons. The number of carbonyl (C=O) groups excluding carboxylic acids is 1.